The first kappa shape index (κ1) is 19.8. The van der Waals surface area contributed by atoms with Crippen LogP contribution >= 0.6 is 11.6 Å². The molecule has 29 heavy (non-hydrogen) atoms. The van der Waals surface area contributed by atoms with E-state index in [2.05, 4.69) is 16.3 Å². The molecule has 1 aliphatic heterocycles. The van der Waals surface area contributed by atoms with Crippen molar-refractivity contribution >= 4 is 34.9 Å². The topological polar surface area (TPSA) is 58.6 Å². The number of esters is 1. The van der Waals surface area contributed by atoms with Crippen molar-refractivity contribution in [3.05, 3.63) is 58.6 Å². The van der Waals surface area contributed by atoms with Gasteiger partial charge in [-0.05, 0) is 74.1 Å². The van der Waals surface area contributed by atoms with Gasteiger partial charge in [0.2, 0.25) is 0 Å². The van der Waals surface area contributed by atoms with Crippen molar-refractivity contribution in [2.45, 2.75) is 38.0 Å². The smallest absolute Gasteiger partial charge is 0.317 e. The van der Waals surface area contributed by atoms with Crippen molar-refractivity contribution in [3.63, 3.8) is 0 Å². The number of nitrogens with zero attached hydrogens (tertiary/aromatic N) is 1. The lowest BCUT2D eigenvalue weighted by molar-refractivity contribution is -0.150. The van der Waals surface area contributed by atoms with Gasteiger partial charge < -0.3 is 15.0 Å². The molecule has 1 heterocycles. The SMILES string of the molecule is Cc1cc(N2CCCC2)ccc1NC(=O)COC(=O)C1(c2ccc(Cl)cc2)CC1. The summed E-state index contributed by atoms with van der Waals surface area (Å²) in [4.78, 5) is 27.3. The molecule has 6 heteroatoms. The van der Waals surface area contributed by atoms with Gasteiger partial charge in [0, 0.05) is 29.5 Å². The number of hydrogen-bond donors (Lipinski definition) is 1. The van der Waals surface area contributed by atoms with Gasteiger partial charge in [-0.25, -0.2) is 0 Å². The van der Waals surface area contributed by atoms with Crippen LogP contribution in [0, 0.1) is 6.92 Å². The molecule has 5 nitrogen and oxygen atoms in total. The van der Waals surface area contributed by atoms with E-state index in [0.29, 0.717) is 5.02 Å². The Labute approximate surface area is 176 Å². The number of carbonyl (C=O) groups is 2. The predicted molar refractivity (Wildman–Crippen MR) is 115 cm³/mol. The highest BCUT2D eigenvalue weighted by molar-refractivity contribution is 6.30. The van der Waals surface area contributed by atoms with E-state index < -0.39 is 5.41 Å². The summed E-state index contributed by atoms with van der Waals surface area (Å²) >= 11 is 5.93. The van der Waals surface area contributed by atoms with Gasteiger partial charge in [-0.15, -0.1) is 0 Å². The Morgan fingerprint density at radius 2 is 1.79 bits per heavy atom. The highest BCUT2D eigenvalue weighted by Gasteiger charge is 2.52. The van der Waals surface area contributed by atoms with Crippen LogP contribution in [0.1, 0.15) is 36.8 Å². The number of ether oxygens (including phenoxy) is 1. The van der Waals surface area contributed by atoms with Gasteiger partial charge in [-0.1, -0.05) is 23.7 Å². The number of hydrogen-bond acceptors (Lipinski definition) is 4. The summed E-state index contributed by atoms with van der Waals surface area (Å²) in [5, 5.41) is 3.48. The summed E-state index contributed by atoms with van der Waals surface area (Å²) in [5.41, 5.74) is 3.18. The van der Waals surface area contributed by atoms with E-state index in [9.17, 15) is 9.59 Å². The fourth-order valence-corrected chi connectivity index (χ4v) is 4.05. The molecule has 0 spiro atoms. The van der Waals surface area contributed by atoms with Crippen molar-refractivity contribution in [2.24, 2.45) is 0 Å². The van der Waals surface area contributed by atoms with E-state index in [0.717, 1.165) is 42.7 Å². The average Bonchev–Trinajstić information content (AvgIpc) is 3.34. The molecule has 2 aliphatic rings. The van der Waals surface area contributed by atoms with Gasteiger partial charge in [0.25, 0.3) is 5.91 Å². The number of benzene rings is 2. The standard InChI is InChI=1S/C23H25ClN2O3/c1-16-14-19(26-12-2-3-13-26)8-9-20(16)25-21(27)15-29-22(28)23(10-11-23)17-4-6-18(24)7-5-17/h4-9,14H,2-3,10-13,15H2,1H3,(H,25,27). The number of amides is 1. The van der Waals surface area contributed by atoms with Crippen LogP contribution in [-0.2, 0) is 19.7 Å². The van der Waals surface area contributed by atoms with Crippen molar-refractivity contribution in [1.29, 1.82) is 0 Å². The molecular formula is C23H25ClN2O3. The number of carbonyl (C=O) groups excluding carboxylic acids is 2. The van der Waals surface area contributed by atoms with E-state index in [-0.39, 0.29) is 18.5 Å². The Morgan fingerprint density at radius 1 is 1.10 bits per heavy atom. The molecule has 1 saturated carbocycles. The summed E-state index contributed by atoms with van der Waals surface area (Å²) in [5.74, 6) is -0.682. The second-order valence-electron chi connectivity index (χ2n) is 7.91. The zero-order valence-corrected chi connectivity index (χ0v) is 17.3. The van der Waals surface area contributed by atoms with Gasteiger partial charge in [-0.3, -0.25) is 9.59 Å². The normalized spacial score (nSPS) is 17.1. The number of rotatable bonds is 6. The zero-order valence-electron chi connectivity index (χ0n) is 16.5. The zero-order chi connectivity index (χ0) is 20.4. The summed E-state index contributed by atoms with van der Waals surface area (Å²) < 4.78 is 5.34. The lowest BCUT2D eigenvalue weighted by Gasteiger charge is -2.19. The molecule has 0 bridgehead atoms. The molecule has 4 rings (SSSR count). The average molecular weight is 413 g/mol. The first-order chi connectivity index (χ1) is 14.0. The van der Waals surface area contributed by atoms with Crippen molar-refractivity contribution in [1.82, 2.24) is 0 Å². The Kier molecular flexibility index (Phi) is 5.50. The molecule has 0 atom stereocenters. The van der Waals surface area contributed by atoms with Gasteiger partial charge in [-0.2, -0.15) is 0 Å². The lowest BCUT2D eigenvalue weighted by Crippen LogP contribution is -2.28. The first-order valence-electron chi connectivity index (χ1n) is 10.1. The highest BCUT2D eigenvalue weighted by Crippen LogP contribution is 2.49. The molecular weight excluding hydrogens is 388 g/mol. The Morgan fingerprint density at radius 3 is 2.41 bits per heavy atom. The second-order valence-corrected chi connectivity index (χ2v) is 8.34. The first-order valence-corrected chi connectivity index (χ1v) is 10.4. The molecule has 2 fully saturated rings. The molecule has 0 unspecified atom stereocenters. The van der Waals surface area contributed by atoms with Crippen LogP contribution in [0.5, 0.6) is 0 Å². The highest BCUT2D eigenvalue weighted by atomic mass is 35.5. The molecule has 0 radical (unpaired) electrons. The fraction of sp³-hybridized carbons (Fsp3) is 0.391. The molecule has 1 aliphatic carbocycles. The Hall–Kier alpha value is -2.53. The van der Waals surface area contributed by atoms with Crippen LogP contribution in [0.4, 0.5) is 11.4 Å². The number of anilines is 2. The van der Waals surface area contributed by atoms with E-state index >= 15 is 0 Å². The van der Waals surface area contributed by atoms with Gasteiger partial charge >= 0.3 is 5.97 Å². The van der Waals surface area contributed by atoms with Crippen molar-refractivity contribution in [3.8, 4) is 0 Å². The van der Waals surface area contributed by atoms with Gasteiger partial charge in [0.1, 0.15) is 0 Å². The number of aryl methyl sites for hydroxylation is 1. The lowest BCUT2D eigenvalue weighted by atomic mass is 9.96. The maximum atomic E-state index is 12.6. The van der Waals surface area contributed by atoms with E-state index in [1.165, 1.54) is 18.5 Å². The summed E-state index contributed by atoms with van der Waals surface area (Å²) in [6, 6.07) is 13.3. The van der Waals surface area contributed by atoms with Crippen LogP contribution in [0.2, 0.25) is 5.02 Å². The summed E-state index contributed by atoms with van der Waals surface area (Å²) in [6.45, 7) is 3.84. The minimum Gasteiger partial charge on any atom is -0.455 e. The maximum absolute atomic E-state index is 12.6. The van der Waals surface area contributed by atoms with Crippen LogP contribution < -0.4 is 10.2 Å². The monoisotopic (exact) mass is 412 g/mol. The minimum atomic E-state index is -0.627. The van der Waals surface area contributed by atoms with Crippen LogP contribution in [-0.4, -0.2) is 31.6 Å². The molecule has 2 aromatic rings. The van der Waals surface area contributed by atoms with Crippen molar-refractivity contribution < 1.29 is 14.3 Å². The largest absolute Gasteiger partial charge is 0.455 e. The maximum Gasteiger partial charge on any atom is 0.317 e. The summed E-state index contributed by atoms with van der Waals surface area (Å²) in [7, 11) is 0. The molecule has 152 valence electrons. The van der Waals surface area contributed by atoms with E-state index in [4.69, 9.17) is 16.3 Å². The fourth-order valence-electron chi connectivity index (χ4n) is 3.92. The van der Waals surface area contributed by atoms with Crippen molar-refractivity contribution in [2.75, 3.05) is 29.9 Å². The van der Waals surface area contributed by atoms with Crippen LogP contribution in [0.3, 0.4) is 0 Å². The summed E-state index contributed by atoms with van der Waals surface area (Å²) in [6.07, 6.45) is 3.90. The quantitative estimate of drug-likeness (QED) is 0.711. The third kappa shape index (κ3) is 4.25. The third-order valence-corrected chi connectivity index (χ3v) is 6.08. The minimum absolute atomic E-state index is 0.290. The Bertz CT molecular complexity index is 916. The molecule has 1 amide bonds. The molecule has 0 aromatic heterocycles. The molecule has 2 aromatic carbocycles. The third-order valence-electron chi connectivity index (χ3n) is 5.83. The van der Waals surface area contributed by atoms with Gasteiger partial charge in [0.05, 0.1) is 5.41 Å². The van der Waals surface area contributed by atoms with Crippen LogP contribution in [0.25, 0.3) is 0 Å². The number of halogens is 1. The second kappa shape index (κ2) is 8.07. The van der Waals surface area contributed by atoms with E-state index in [1.54, 1.807) is 12.1 Å². The number of nitrogens with one attached hydrogen (secondary N) is 1. The van der Waals surface area contributed by atoms with E-state index in [1.807, 2.05) is 31.2 Å². The molecule has 1 saturated heterocycles. The van der Waals surface area contributed by atoms with Crippen LogP contribution in [0.15, 0.2) is 42.5 Å². The molecule has 1 N–H and O–H groups in total. The predicted octanol–water partition coefficient (Wildman–Crippen LogP) is 4.46. The van der Waals surface area contributed by atoms with Gasteiger partial charge in [0.15, 0.2) is 6.61 Å². The Balaban J connectivity index is 1.33.